The maximum atomic E-state index is 12.8. The predicted octanol–water partition coefficient (Wildman–Crippen LogP) is 2.56. The molecular weight excluding hydrogens is 394 g/mol. The van der Waals surface area contributed by atoms with Crippen LogP contribution in [-0.4, -0.2) is 28.8 Å². The summed E-state index contributed by atoms with van der Waals surface area (Å²) in [5.41, 5.74) is -0.793. The Balaban J connectivity index is 1.69. The number of thiophene rings is 1. The fourth-order valence-corrected chi connectivity index (χ4v) is 5.25. The Bertz CT molecular complexity index is 1080. The Hall–Kier alpha value is -2.11. The number of rotatable bonds is 6. The fourth-order valence-electron chi connectivity index (χ4n) is 2.60. The molecule has 26 heavy (non-hydrogen) atoms. The molecule has 134 valence electrons. The molecule has 1 atom stereocenters. The highest BCUT2D eigenvalue weighted by molar-refractivity contribution is 7.89. The third-order valence-corrected chi connectivity index (χ3v) is 6.91. The first-order valence-electron chi connectivity index (χ1n) is 7.52. The van der Waals surface area contributed by atoms with Gasteiger partial charge in [0.2, 0.25) is 10.0 Å². The molecule has 0 saturated carbocycles. The molecule has 0 bridgehead atoms. The molecule has 7 nitrogen and oxygen atoms in total. The van der Waals surface area contributed by atoms with Crippen molar-refractivity contribution in [3.63, 3.8) is 0 Å². The van der Waals surface area contributed by atoms with Gasteiger partial charge in [0.25, 0.3) is 0 Å². The molecule has 0 amide bonds. The normalized spacial score (nSPS) is 14.5. The summed E-state index contributed by atoms with van der Waals surface area (Å²) in [6.45, 7) is -0.280. The second kappa shape index (κ2) is 6.56. The zero-order valence-corrected chi connectivity index (χ0v) is 15.6. The van der Waals surface area contributed by atoms with E-state index in [1.807, 2.05) is 0 Å². The first kappa shape index (κ1) is 17.3. The van der Waals surface area contributed by atoms with E-state index in [1.54, 1.807) is 41.8 Å². The minimum absolute atomic E-state index is 0.0247. The zero-order valence-electron chi connectivity index (χ0n) is 13.2. The van der Waals surface area contributed by atoms with Crippen molar-refractivity contribution in [2.24, 2.45) is 0 Å². The zero-order chi connectivity index (χ0) is 18.2. The molecule has 4 aromatic rings. The molecule has 1 aromatic carbocycles. The number of hydrogen-bond donors (Lipinski definition) is 2. The summed E-state index contributed by atoms with van der Waals surface area (Å²) in [7, 11) is -3.91. The van der Waals surface area contributed by atoms with Crippen molar-refractivity contribution in [3.8, 4) is 0 Å². The van der Waals surface area contributed by atoms with Crippen molar-refractivity contribution in [1.82, 2.24) is 13.5 Å². The van der Waals surface area contributed by atoms with Crippen LogP contribution in [0.5, 0.6) is 0 Å². The SMILES string of the molecule is O=S(=O)(NC[C@](O)(c1ccco1)c1cccs1)c1cccc2nsnc12. The van der Waals surface area contributed by atoms with Crippen LogP contribution >= 0.6 is 23.1 Å². The van der Waals surface area contributed by atoms with E-state index < -0.39 is 15.6 Å². The first-order valence-corrected chi connectivity index (χ1v) is 10.6. The molecule has 10 heteroatoms. The second-order valence-electron chi connectivity index (χ2n) is 5.53. The van der Waals surface area contributed by atoms with Gasteiger partial charge < -0.3 is 9.52 Å². The van der Waals surface area contributed by atoms with Crippen LogP contribution in [0.4, 0.5) is 0 Å². The molecule has 0 unspecified atom stereocenters. The lowest BCUT2D eigenvalue weighted by Gasteiger charge is -2.25. The summed E-state index contributed by atoms with van der Waals surface area (Å²) in [4.78, 5) is 0.598. The van der Waals surface area contributed by atoms with Gasteiger partial charge in [-0.3, -0.25) is 0 Å². The Morgan fingerprint density at radius 2 is 2.04 bits per heavy atom. The van der Waals surface area contributed by atoms with E-state index in [2.05, 4.69) is 13.5 Å². The van der Waals surface area contributed by atoms with Crippen molar-refractivity contribution < 1.29 is 17.9 Å². The van der Waals surface area contributed by atoms with Crippen LogP contribution in [0.15, 0.2) is 63.4 Å². The average molecular weight is 407 g/mol. The first-order chi connectivity index (χ1) is 12.5. The van der Waals surface area contributed by atoms with E-state index in [0.29, 0.717) is 15.9 Å². The Morgan fingerprint density at radius 3 is 2.77 bits per heavy atom. The lowest BCUT2D eigenvalue weighted by Crippen LogP contribution is -2.41. The highest BCUT2D eigenvalue weighted by atomic mass is 32.2. The van der Waals surface area contributed by atoms with Crippen molar-refractivity contribution in [2.45, 2.75) is 10.5 Å². The lowest BCUT2D eigenvalue weighted by atomic mass is 9.99. The van der Waals surface area contributed by atoms with Gasteiger partial charge in [0.15, 0.2) is 5.60 Å². The third kappa shape index (κ3) is 2.95. The number of aromatic nitrogens is 2. The van der Waals surface area contributed by atoms with Crippen LogP contribution in [0.25, 0.3) is 11.0 Å². The van der Waals surface area contributed by atoms with Gasteiger partial charge in [0.1, 0.15) is 21.7 Å². The predicted molar refractivity (Wildman–Crippen MR) is 98.6 cm³/mol. The summed E-state index contributed by atoms with van der Waals surface area (Å²) < 4.78 is 41.6. The molecule has 0 radical (unpaired) electrons. The topological polar surface area (TPSA) is 105 Å². The van der Waals surface area contributed by atoms with Gasteiger partial charge in [-0.2, -0.15) is 8.75 Å². The van der Waals surface area contributed by atoms with Gasteiger partial charge in [-0.05, 0) is 35.7 Å². The largest absolute Gasteiger partial charge is 0.466 e. The van der Waals surface area contributed by atoms with Gasteiger partial charge in [0.05, 0.1) is 24.5 Å². The van der Waals surface area contributed by atoms with Crippen molar-refractivity contribution in [2.75, 3.05) is 6.54 Å². The van der Waals surface area contributed by atoms with E-state index in [-0.39, 0.29) is 17.2 Å². The molecule has 0 aliphatic rings. The number of hydrogen-bond acceptors (Lipinski definition) is 8. The Kier molecular flexibility index (Phi) is 4.37. The highest BCUT2D eigenvalue weighted by Crippen LogP contribution is 2.33. The molecule has 2 N–H and O–H groups in total. The van der Waals surface area contributed by atoms with E-state index in [9.17, 15) is 13.5 Å². The summed E-state index contributed by atoms with van der Waals surface area (Å²) in [6, 6.07) is 11.5. The van der Waals surface area contributed by atoms with Crippen LogP contribution in [0, 0.1) is 0 Å². The van der Waals surface area contributed by atoms with Gasteiger partial charge in [-0.1, -0.05) is 12.1 Å². The number of furan rings is 1. The minimum atomic E-state index is -3.91. The monoisotopic (exact) mass is 407 g/mol. The molecule has 0 aliphatic heterocycles. The number of nitrogens with zero attached hydrogens (tertiary/aromatic N) is 2. The standard InChI is InChI=1S/C16H13N3O4S3/c20-16(13-6-2-8-23-13,14-7-3-9-24-14)10-17-26(21,22)12-5-1-4-11-15(12)19-25-18-11/h1-9,17,20H,10H2/t16-/m0/s1. The molecule has 0 fully saturated rings. The molecule has 0 spiro atoms. The molecule has 3 aromatic heterocycles. The second-order valence-corrected chi connectivity index (χ2v) is 8.74. The van der Waals surface area contributed by atoms with Gasteiger partial charge >= 0.3 is 0 Å². The van der Waals surface area contributed by atoms with Crippen LogP contribution in [0.1, 0.15) is 10.6 Å². The smallest absolute Gasteiger partial charge is 0.242 e. The Labute approximate surface area is 157 Å². The van der Waals surface area contributed by atoms with Crippen molar-refractivity contribution in [1.29, 1.82) is 0 Å². The van der Waals surface area contributed by atoms with E-state index in [1.165, 1.54) is 23.7 Å². The molecular formula is C16H13N3O4S3. The highest BCUT2D eigenvalue weighted by Gasteiger charge is 2.37. The average Bonchev–Trinajstić information content (AvgIpc) is 3.41. The Morgan fingerprint density at radius 1 is 1.15 bits per heavy atom. The summed E-state index contributed by atoms with van der Waals surface area (Å²) in [6.07, 6.45) is 1.43. The summed E-state index contributed by atoms with van der Waals surface area (Å²) in [5, 5.41) is 13.0. The van der Waals surface area contributed by atoms with E-state index >= 15 is 0 Å². The maximum Gasteiger partial charge on any atom is 0.242 e. The van der Waals surface area contributed by atoms with Crippen LogP contribution in [0.2, 0.25) is 0 Å². The fraction of sp³-hybridized carbons (Fsp3) is 0.125. The van der Waals surface area contributed by atoms with Crippen LogP contribution in [-0.2, 0) is 15.6 Å². The van der Waals surface area contributed by atoms with E-state index in [4.69, 9.17) is 4.42 Å². The lowest BCUT2D eigenvalue weighted by molar-refractivity contribution is 0.0655. The van der Waals surface area contributed by atoms with E-state index in [0.717, 1.165) is 11.7 Å². The van der Waals surface area contributed by atoms with Gasteiger partial charge in [0, 0.05) is 4.88 Å². The third-order valence-electron chi connectivity index (χ3n) is 3.91. The molecule has 0 aliphatic carbocycles. The molecule has 4 rings (SSSR count). The number of fused-ring (bicyclic) bond motifs is 1. The number of aliphatic hydroxyl groups is 1. The number of benzene rings is 1. The minimum Gasteiger partial charge on any atom is -0.466 e. The van der Waals surface area contributed by atoms with Crippen molar-refractivity contribution in [3.05, 3.63) is 64.7 Å². The van der Waals surface area contributed by atoms with Gasteiger partial charge in [-0.15, -0.1) is 11.3 Å². The van der Waals surface area contributed by atoms with Crippen molar-refractivity contribution >= 4 is 44.1 Å². The van der Waals surface area contributed by atoms with Crippen LogP contribution < -0.4 is 4.72 Å². The quantitative estimate of drug-likeness (QED) is 0.509. The maximum absolute atomic E-state index is 12.8. The molecule has 3 heterocycles. The summed E-state index contributed by atoms with van der Waals surface area (Å²) in [5.74, 6) is 0.260. The number of sulfonamides is 1. The number of nitrogens with one attached hydrogen (secondary N) is 1. The molecule has 0 saturated heterocycles. The van der Waals surface area contributed by atoms with Crippen LogP contribution in [0.3, 0.4) is 0 Å². The summed E-state index contributed by atoms with van der Waals surface area (Å²) >= 11 is 2.26. The van der Waals surface area contributed by atoms with Gasteiger partial charge in [-0.25, -0.2) is 13.1 Å².